The van der Waals surface area contributed by atoms with Crippen molar-refractivity contribution >= 4 is 39.1 Å². The van der Waals surface area contributed by atoms with Gasteiger partial charge < -0.3 is 10.2 Å². The molecule has 1 saturated heterocycles. The average molecular weight is 465 g/mol. The van der Waals surface area contributed by atoms with Crippen molar-refractivity contribution < 1.29 is 4.79 Å². The molecule has 0 aromatic heterocycles. The number of nitrogens with one attached hydrogen (secondary N) is 1. The van der Waals surface area contributed by atoms with Gasteiger partial charge in [0.25, 0.3) is 5.91 Å². The molecular formula is C22H27BrClN3O. The molecule has 0 aliphatic carbocycles. The number of carbonyl (C=O) groups is 1. The molecule has 28 heavy (non-hydrogen) atoms. The third-order valence-electron chi connectivity index (χ3n) is 5.10. The highest BCUT2D eigenvalue weighted by atomic mass is 79.9. The highest BCUT2D eigenvalue weighted by Crippen LogP contribution is 2.21. The number of piperazine rings is 1. The molecular weight excluding hydrogens is 438 g/mol. The smallest absolute Gasteiger partial charge is 0.252 e. The first kappa shape index (κ1) is 21.2. The Morgan fingerprint density at radius 2 is 1.89 bits per heavy atom. The number of nitrogens with zero attached hydrogens (tertiary/aromatic N) is 2. The molecule has 0 atom stereocenters. The zero-order valence-electron chi connectivity index (χ0n) is 16.3. The summed E-state index contributed by atoms with van der Waals surface area (Å²) in [5, 5.41) is 3.44. The number of anilines is 1. The Kier molecular flexibility index (Phi) is 7.77. The molecule has 150 valence electrons. The van der Waals surface area contributed by atoms with E-state index in [1.165, 1.54) is 11.3 Å². The summed E-state index contributed by atoms with van der Waals surface area (Å²) < 4.78 is 0.872. The van der Waals surface area contributed by atoms with E-state index in [2.05, 4.69) is 62.2 Å². The number of hydrogen-bond acceptors (Lipinski definition) is 3. The van der Waals surface area contributed by atoms with Crippen LogP contribution in [0.15, 0.2) is 46.9 Å². The monoisotopic (exact) mass is 463 g/mol. The van der Waals surface area contributed by atoms with Crippen molar-refractivity contribution in [2.75, 3.05) is 44.2 Å². The number of unbranched alkanes of at least 4 members (excludes halogenated alkanes) is 1. The fraction of sp³-hybridized carbons (Fsp3) is 0.409. The number of carbonyl (C=O) groups excluding carboxylic acids is 1. The van der Waals surface area contributed by atoms with E-state index in [0.29, 0.717) is 17.1 Å². The first-order valence-corrected chi connectivity index (χ1v) is 11.0. The molecule has 6 heteroatoms. The molecule has 0 bridgehead atoms. The van der Waals surface area contributed by atoms with Crippen molar-refractivity contribution in [2.24, 2.45) is 0 Å². The minimum atomic E-state index is -0.107. The zero-order valence-corrected chi connectivity index (χ0v) is 18.6. The summed E-state index contributed by atoms with van der Waals surface area (Å²) >= 11 is 9.48. The quantitative estimate of drug-likeness (QED) is 0.601. The Bertz CT molecular complexity index is 806. The van der Waals surface area contributed by atoms with Crippen molar-refractivity contribution in [2.45, 2.75) is 19.8 Å². The lowest BCUT2D eigenvalue weighted by molar-refractivity contribution is 0.0952. The van der Waals surface area contributed by atoms with Crippen molar-refractivity contribution in [1.82, 2.24) is 10.2 Å². The Balaban J connectivity index is 1.32. The van der Waals surface area contributed by atoms with Crippen molar-refractivity contribution in [3.63, 3.8) is 0 Å². The standard InChI is InChI=1S/C22H27BrClN3O/c1-17-5-4-6-19(15-17)27-13-11-26(12-14-27)10-3-2-9-25-22(28)20-8-7-18(23)16-21(20)24/h4-8,15-16H,2-3,9-14H2,1H3,(H,25,28). The molecule has 2 aromatic rings. The van der Waals surface area contributed by atoms with Gasteiger partial charge in [0.2, 0.25) is 0 Å². The van der Waals surface area contributed by atoms with Gasteiger partial charge in [0.15, 0.2) is 0 Å². The van der Waals surface area contributed by atoms with Gasteiger partial charge in [-0.25, -0.2) is 0 Å². The van der Waals surface area contributed by atoms with Gasteiger partial charge in [-0.05, 0) is 62.2 Å². The summed E-state index contributed by atoms with van der Waals surface area (Å²) in [6.07, 6.45) is 2.05. The molecule has 0 radical (unpaired) electrons. The van der Waals surface area contributed by atoms with E-state index in [9.17, 15) is 4.79 Å². The second kappa shape index (κ2) is 10.3. The maximum Gasteiger partial charge on any atom is 0.252 e. The Labute approximate surface area is 181 Å². The third kappa shape index (κ3) is 5.97. The van der Waals surface area contributed by atoms with Gasteiger partial charge in [0, 0.05) is 42.9 Å². The summed E-state index contributed by atoms with van der Waals surface area (Å²) in [5.74, 6) is -0.107. The largest absolute Gasteiger partial charge is 0.369 e. The molecule has 3 rings (SSSR count). The lowest BCUT2D eigenvalue weighted by Gasteiger charge is -2.36. The van der Waals surface area contributed by atoms with E-state index >= 15 is 0 Å². The number of aryl methyl sites for hydroxylation is 1. The second-order valence-electron chi connectivity index (χ2n) is 7.25. The van der Waals surface area contributed by atoms with Gasteiger partial charge in [0.1, 0.15) is 0 Å². The van der Waals surface area contributed by atoms with Crippen molar-refractivity contribution in [1.29, 1.82) is 0 Å². The highest BCUT2D eigenvalue weighted by Gasteiger charge is 2.17. The van der Waals surface area contributed by atoms with Gasteiger partial charge in [-0.1, -0.05) is 39.7 Å². The van der Waals surface area contributed by atoms with E-state index < -0.39 is 0 Å². The molecule has 1 amide bonds. The first-order chi connectivity index (χ1) is 13.5. The fourth-order valence-corrected chi connectivity index (χ4v) is 4.24. The van der Waals surface area contributed by atoms with Crippen LogP contribution in [-0.2, 0) is 0 Å². The first-order valence-electron chi connectivity index (χ1n) is 9.80. The van der Waals surface area contributed by atoms with Gasteiger partial charge >= 0.3 is 0 Å². The lowest BCUT2D eigenvalue weighted by atomic mass is 10.2. The van der Waals surface area contributed by atoms with Crippen LogP contribution in [0.1, 0.15) is 28.8 Å². The second-order valence-corrected chi connectivity index (χ2v) is 8.58. The summed E-state index contributed by atoms with van der Waals surface area (Å²) in [6, 6.07) is 14.1. The molecule has 1 fully saturated rings. The lowest BCUT2D eigenvalue weighted by Crippen LogP contribution is -2.46. The van der Waals surface area contributed by atoms with E-state index in [0.717, 1.165) is 50.0 Å². The molecule has 0 unspecified atom stereocenters. The van der Waals surface area contributed by atoms with Crippen LogP contribution in [0, 0.1) is 6.92 Å². The molecule has 1 N–H and O–H groups in total. The van der Waals surface area contributed by atoms with Gasteiger partial charge in [0.05, 0.1) is 10.6 Å². The molecule has 1 aliphatic rings. The van der Waals surface area contributed by atoms with Gasteiger partial charge in [-0.2, -0.15) is 0 Å². The van der Waals surface area contributed by atoms with E-state index in [1.807, 2.05) is 6.07 Å². The summed E-state index contributed by atoms with van der Waals surface area (Å²) in [7, 11) is 0. The van der Waals surface area contributed by atoms with Crippen LogP contribution < -0.4 is 10.2 Å². The Hall–Kier alpha value is -1.56. The normalized spacial score (nSPS) is 14.9. The average Bonchev–Trinajstić information content (AvgIpc) is 2.68. The number of halogens is 2. The highest BCUT2D eigenvalue weighted by molar-refractivity contribution is 9.10. The number of benzene rings is 2. The molecule has 1 heterocycles. The molecule has 2 aromatic carbocycles. The number of rotatable bonds is 7. The van der Waals surface area contributed by atoms with Crippen LogP contribution in [-0.4, -0.2) is 50.1 Å². The fourth-order valence-electron chi connectivity index (χ4n) is 3.49. The van der Waals surface area contributed by atoms with Crippen LogP contribution in [0.4, 0.5) is 5.69 Å². The predicted octanol–water partition coefficient (Wildman–Crippen LogP) is 4.74. The molecule has 0 spiro atoms. The summed E-state index contributed by atoms with van der Waals surface area (Å²) in [4.78, 5) is 17.2. The van der Waals surface area contributed by atoms with Crippen LogP contribution in [0.5, 0.6) is 0 Å². The minimum Gasteiger partial charge on any atom is -0.369 e. The maximum absolute atomic E-state index is 12.2. The SMILES string of the molecule is Cc1cccc(N2CCN(CCCCNC(=O)c3ccc(Br)cc3Cl)CC2)c1. The molecule has 0 saturated carbocycles. The van der Waals surface area contributed by atoms with Gasteiger partial charge in [-0.15, -0.1) is 0 Å². The van der Waals surface area contributed by atoms with Crippen LogP contribution >= 0.6 is 27.5 Å². The van der Waals surface area contributed by atoms with E-state index in [-0.39, 0.29) is 5.91 Å². The third-order valence-corrected chi connectivity index (χ3v) is 5.91. The number of amides is 1. The molecule has 1 aliphatic heterocycles. The summed E-state index contributed by atoms with van der Waals surface area (Å²) in [5.41, 5.74) is 3.16. The topological polar surface area (TPSA) is 35.6 Å². The van der Waals surface area contributed by atoms with E-state index in [4.69, 9.17) is 11.6 Å². The van der Waals surface area contributed by atoms with Gasteiger partial charge in [-0.3, -0.25) is 9.69 Å². The molecule has 4 nitrogen and oxygen atoms in total. The van der Waals surface area contributed by atoms with Crippen LogP contribution in [0.3, 0.4) is 0 Å². The minimum absolute atomic E-state index is 0.107. The van der Waals surface area contributed by atoms with Crippen molar-refractivity contribution in [3.8, 4) is 0 Å². The van der Waals surface area contributed by atoms with E-state index in [1.54, 1.807) is 12.1 Å². The maximum atomic E-state index is 12.2. The summed E-state index contributed by atoms with van der Waals surface area (Å²) in [6.45, 7) is 8.22. The Morgan fingerprint density at radius 1 is 1.11 bits per heavy atom. The van der Waals surface area contributed by atoms with Crippen LogP contribution in [0.25, 0.3) is 0 Å². The number of hydrogen-bond donors (Lipinski definition) is 1. The zero-order chi connectivity index (χ0) is 19.9. The Morgan fingerprint density at radius 3 is 2.61 bits per heavy atom. The predicted molar refractivity (Wildman–Crippen MR) is 121 cm³/mol. The van der Waals surface area contributed by atoms with Crippen molar-refractivity contribution in [3.05, 3.63) is 63.1 Å². The van der Waals surface area contributed by atoms with Crippen LogP contribution in [0.2, 0.25) is 5.02 Å².